The van der Waals surface area contributed by atoms with Crippen molar-refractivity contribution in [1.29, 1.82) is 0 Å². The number of unbranched alkanes of at least 4 members (excludes halogenated alkanes) is 50. The summed E-state index contributed by atoms with van der Waals surface area (Å²) < 4.78 is 5.47. The molecule has 0 saturated carbocycles. The number of carbonyl (C=O) groups is 2. The van der Waals surface area contributed by atoms with Crippen LogP contribution in [-0.2, 0) is 14.3 Å². The molecule has 0 aromatic rings. The van der Waals surface area contributed by atoms with Gasteiger partial charge in [-0.25, -0.2) is 0 Å². The van der Waals surface area contributed by atoms with Crippen LogP contribution in [0.1, 0.15) is 373 Å². The molecule has 0 rings (SSSR count). The van der Waals surface area contributed by atoms with Gasteiger partial charge in [0.15, 0.2) is 0 Å². The standard InChI is InChI=1S/C64H127NO5/c1-3-5-7-9-11-13-15-16-17-18-19-20-21-22-23-24-27-30-33-37-40-44-48-52-56-62(67)61(60-66)65-63(68)57-53-49-45-41-38-34-31-28-25-26-29-32-35-39-43-47-51-55-59-70-64(69)58-54-50-46-42-36-14-12-10-8-6-4-2/h61-62,66-67H,3-60H2,1-2H3,(H,65,68). The molecular weight excluding hydrogens is 863 g/mol. The fraction of sp³-hybridized carbons (Fsp3) is 0.969. The van der Waals surface area contributed by atoms with Crippen molar-refractivity contribution in [2.45, 2.75) is 386 Å². The first kappa shape index (κ1) is 68.9. The molecule has 1 amide bonds. The van der Waals surface area contributed by atoms with Gasteiger partial charge in [-0.3, -0.25) is 9.59 Å². The van der Waals surface area contributed by atoms with Gasteiger partial charge in [0, 0.05) is 12.8 Å². The molecule has 0 saturated heterocycles. The van der Waals surface area contributed by atoms with Crippen molar-refractivity contribution in [2.24, 2.45) is 0 Å². The fourth-order valence-corrected chi connectivity index (χ4v) is 10.5. The summed E-state index contributed by atoms with van der Waals surface area (Å²) >= 11 is 0. The van der Waals surface area contributed by atoms with E-state index in [1.54, 1.807) is 0 Å². The molecule has 0 aliphatic heterocycles. The van der Waals surface area contributed by atoms with Crippen molar-refractivity contribution >= 4 is 11.9 Å². The van der Waals surface area contributed by atoms with Crippen LogP contribution in [0.5, 0.6) is 0 Å². The summed E-state index contributed by atoms with van der Waals surface area (Å²) in [7, 11) is 0. The SMILES string of the molecule is CCCCCCCCCCCCCCCCCCCCCCCCCCC(O)C(CO)NC(=O)CCCCCCCCCCCCCCCCCCCCOC(=O)CCCCCCCCCCCCC. The molecule has 3 N–H and O–H groups in total. The second kappa shape index (κ2) is 60.4. The van der Waals surface area contributed by atoms with Crippen molar-refractivity contribution in [3.8, 4) is 0 Å². The van der Waals surface area contributed by atoms with E-state index in [1.165, 1.54) is 302 Å². The summed E-state index contributed by atoms with van der Waals surface area (Å²) in [4.78, 5) is 24.5. The molecule has 0 radical (unpaired) electrons. The Hall–Kier alpha value is -1.14. The van der Waals surface area contributed by atoms with Gasteiger partial charge in [0.25, 0.3) is 0 Å². The average Bonchev–Trinajstić information content (AvgIpc) is 3.36. The molecule has 0 aromatic carbocycles. The number of aliphatic hydroxyl groups excluding tert-OH is 2. The van der Waals surface area contributed by atoms with Gasteiger partial charge in [-0.05, 0) is 25.7 Å². The van der Waals surface area contributed by atoms with Crippen LogP contribution in [-0.4, -0.2) is 47.4 Å². The van der Waals surface area contributed by atoms with Crippen LogP contribution in [0.15, 0.2) is 0 Å². The number of rotatable bonds is 61. The summed E-state index contributed by atoms with van der Waals surface area (Å²) in [6, 6.07) is -0.544. The van der Waals surface area contributed by atoms with Crippen LogP contribution in [0.4, 0.5) is 0 Å². The van der Waals surface area contributed by atoms with Gasteiger partial charge in [-0.1, -0.05) is 335 Å². The lowest BCUT2D eigenvalue weighted by atomic mass is 10.0. The average molecular weight is 991 g/mol. The topological polar surface area (TPSA) is 95.9 Å². The van der Waals surface area contributed by atoms with Crippen LogP contribution in [0.25, 0.3) is 0 Å². The lowest BCUT2D eigenvalue weighted by Gasteiger charge is -2.22. The molecule has 0 aliphatic rings. The van der Waals surface area contributed by atoms with E-state index in [1.807, 2.05) is 0 Å². The van der Waals surface area contributed by atoms with Gasteiger partial charge in [0.2, 0.25) is 5.91 Å². The highest BCUT2D eigenvalue weighted by Gasteiger charge is 2.20. The maximum absolute atomic E-state index is 12.5. The zero-order chi connectivity index (χ0) is 50.7. The smallest absolute Gasteiger partial charge is 0.305 e. The molecule has 0 aliphatic carbocycles. The zero-order valence-corrected chi connectivity index (χ0v) is 47.8. The minimum Gasteiger partial charge on any atom is -0.466 e. The highest BCUT2D eigenvalue weighted by molar-refractivity contribution is 5.76. The number of aliphatic hydroxyl groups is 2. The van der Waals surface area contributed by atoms with Crippen LogP contribution in [0.2, 0.25) is 0 Å². The molecule has 0 fully saturated rings. The Morgan fingerprint density at radius 3 is 0.871 bits per heavy atom. The Balaban J connectivity index is 3.40. The molecule has 6 nitrogen and oxygen atoms in total. The predicted molar refractivity (Wildman–Crippen MR) is 306 cm³/mol. The van der Waals surface area contributed by atoms with Crippen molar-refractivity contribution in [3.05, 3.63) is 0 Å². The maximum Gasteiger partial charge on any atom is 0.305 e. The van der Waals surface area contributed by atoms with Crippen LogP contribution >= 0.6 is 0 Å². The third-order valence-electron chi connectivity index (χ3n) is 15.4. The third kappa shape index (κ3) is 56.2. The highest BCUT2D eigenvalue weighted by atomic mass is 16.5. The van der Waals surface area contributed by atoms with Crippen LogP contribution in [0.3, 0.4) is 0 Å². The summed E-state index contributed by atoms with van der Waals surface area (Å²) in [5.74, 6) is -0.0252. The molecular formula is C64H127NO5. The number of esters is 1. The van der Waals surface area contributed by atoms with Gasteiger partial charge in [0.05, 0.1) is 25.4 Å². The summed E-state index contributed by atoms with van der Waals surface area (Å²) in [6.45, 7) is 4.98. The van der Waals surface area contributed by atoms with Gasteiger partial charge < -0.3 is 20.3 Å². The zero-order valence-electron chi connectivity index (χ0n) is 47.8. The van der Waals surface area contributed by atoms with E-state index in [-0.39, 0.29) is 18.5 Å². The highest BCUT2D eigenvalue weighted by Crippen LogP contribution is 2.19. The Morgan fingerprint density at radius 1 is 0.343 bits per heavy atom. The monoisotopic (exact) mass is 990 g/mol. The quantitative estimate of drug-likeness (QED) is 0.0417. The van der Waals surface area contributed by atoms with E-state index in [9.17, 15) is 19.8 Å². The normalized spacial score (nSPS) is 12.5. The van der Waals surface area contributed by atoms with Crippen LogP contribution in [0, 0.1) is 0 Å². The van der Waals surface area contributed by atoms with Gasteiger partial charge in [-0.15, -0.1) is 0 Å². The van der Waals surface area contributed by atoms with E-state index < -0.39 is 12.1 Å². The molecule has 2 atom stereocenters. The lowest BCUT2D eigenvalue weighted by Crippen LogP contribution is -2.45. The molecule has 418 valence electrons. The second-order valence-electron chi connectivity index (χ2n) is 22.5. The minimum absolute atomic E-state index is 0.00847. The minimum atomic E-state index is -0.667. The molecule has 0 heterocycles. The Morgan fingerprint density at radius 2 is 0.586 bits per heavy atom. The van der Waals surface area contributed by atoms with Crippen molar-refractivity contribution in [3.63, 3.8) is 0 Å². The second-order valence-corrected chi connectivity index (χ2v) is 22.5. The maximum atomic E-state index is 12.5. The van der Waals surface area contributed by atoms with E-state index >= 15 is 0 Å². The van der Waals surface area contributed by atoms with Crippen molar-refractivity contribution in [2.75, 3.05) is 13.2 Å². The molecule has 0 aromatic heterocycles. The number of hydrogen-bond donors (Lipinski definition) is 3. The fourth-order valence-electron chi connectivity index (χ4n) is 10.5. The first-order valence-electron chi connectivity index (χ1n) is 32.3. The summed E-state index contributed by atoms with van der Waals surface area (Å²) in [5, 5.41) is 23.4. The largest absolute Gasteiger partial charge is 0.466 e. The van der Waals surface area contributed by atoms with E-state index in [0.717, 1.165) is 38.5 Å². The molecule has 0 spiro atoms. The number of carbonyl (C=O) groups excluding carboxylic acids is 2. The Labute approximate surface area is 438 Å². The Bertz CT molecular complexity index is 1010. The van der Waals surface area contributed by atoms with Crippen molar-refractivity contribution < 1.29 is 24.5 Å². The lowest BCUT2D eigenvalue weighted by molar-refractivity contribution is -0.143. The first-order chi connectivity index (χ1) is 34.5. The molecule has 2 unspecified atom stereocenters. The first-order valence-corrected chi connectivity index (χ1v) is 32.3. The third-order valence-corrected chi connectivity index (χ3v) is 15.4. The van der Waals surface area contributed by atoms with Gasteiger partial charge in [-0.2, -0.15) is 0 Å². The number of nitrogens with one attached hydrogen (secondary N) is 1. The van der Waals surface area contributed by atoms with Gasteiger partial charge in [0.1, 0.15) is 0 Å². The Kier molecular flexibility index (Phi) is 59.4. The summed E-state index contributed by atoms with van der Waals surface area (Å²) in [6.07, 6.45) is 71.2. The molecule has 70 heavy (non-hydrogen) atoms. The molecule has 6 heteroatoms. The number of ether oxygens (including phenoxy) is 1. The van der Waals surface area contributed by atoms with Gasteiger partial charge >= 0.3 is 5.97 Å². The van der Waals surface area contributed by atoms with E-state index in [0.29, 0.717) is 25.9 Å². The van der Waals surface area contributed by atoms with E-state index in [4.69, 9.17) is 4.74 Å². The van der Waals surface area contributed by atoms with Crippen molar-refractivity contribution in [1.82, 2.24) is 5.32 Å². The number of amides is 1. The van der Waals surface area contributed by atoms with E-state index in [2.05, 4.69) is 19.2 Å². The predicted octanol–water partition coefficient (Wildman–Crippen LogP) is 20.3. The molecule has 0 bridgehead atoms. The van der Waals surface area contributed by atoms with Crippen LogP contribution < -0.4 is 5.32 Å². The summed E-state index contributed by atoms with van der Waals surface area (Å²) in [5.41, 5.74) is 0. The number of hydrogen-bond acceptors (Lipinski definition) is 5.